The predicted molar refractivity (Wildman–Crippen MR) is 286 cm³/mol. The first-order valence-electron chi connectivity index (χ1n) is 29.5. The van der Waals surface area contributed by atoms with Gasteiger partial charge in [0.15, 0.2) is 12.6 Å². The van der Waals surface area contributed by atoms with Crippen LogP contribution in [-0.2, 0) is 28.4 Å². The van der Waals surface area contributed by atoms with E-state index in [2.05, 4.69) is 27.7 Å². The molecule has 1 aromatic rings. The summed E-state index contributed by atoms with van der Waals surface area (Å²) in [7, 11) is 0. The second-order valence-electron chi connectivity index (χ2n) is 19.8. The summed E-state index contributed by atoms with van der Waals surface area (Å²) in [6.45, 7) is 11.2. The van der Waals surface area contributed by atoms with E-state index in [0.717, 1.165) is 51.4 Å². The predicted octanol–water partition coefficient (Wildman–Crippen LogP) is 18.4. The number of esters is 2. The Balaban J connectivity index is 2.71. The molecule has 0 fully saturated rings. The molecule has 0 aromatic heterocycles. The van der Waals surface area contributed by atoms with Gasteiger partial charge in [-0.3, -0.25) is 0 Å². The van der Waals surface area contributed by atoms with E-state index >= 15 is 0 Å². The van der Waals surface area contributed by atoms with Crippen molar-refractivity contribution < 1.29 is 38.0 Å². The van der Waals surface area contributed by atoms with Gasteiger partial charge < -0.3 is 28.4 Å². The first-order chi connectivity index (χ1) is 33.6. The van der Waals surface area contributed by atoms with E-state index in [1.807, 2.05) is 0 Å². The van der Waals surface area contributed by atoms with Crippen LogP contribution in [0, 0.1) is 0 Å². The minimum Gasteiger partial charge on any atom is -0.457 e. The number of hydrogen-bond acceptors (Lipinski definition) is 8. The fraction of sp³-hybridized carbons (Fsp3) is 0.867. The van der Waals surface area contributed by atoms with Crippen LogP contribution in [0.4, 0.5) is 0 Å². The average molecular weight is 960 g/mol. The molecule has 8 heteroatoms. The molecule has 0 bridgehead atoms. The van der Waals surface area contributed by atoms with E-state index in [0.29, 0.717) is 26.4 Å². The molecule has 0 radical (unpaired) electrons. The van der Waals surface area contributed by atoms with Crippen molar-refractivity contribution in [3.05, 3.63) is 35.4 Å². The monoisotopic (exact) mass is 959 g/mol. The third kappa shape index (κ3) is 40.7. The van der Waals surface area contributed by atoms with E-state index in [1.54, 1.807) is 24.3 Å². The molecule has 0 unspecified atom stereocenters. The van der Waals surface area contributed by atoms with Gasteiger partial charge in [-0.15, -0.1) is 0 Å². The zero-order valence-electron chi connectivity index (χ0n) is 45.3. The molecule has 0 saturated heterocycles. The summed E-state index contributed by atoms with van der Waals surface area (Å²) in [5.74, 6) is -1.20. The summed E-state index contributed by atoms with van der Waals surface area (Å²) in [6.07, 6.45) is 48.8. The van der Waals surface area contributed by atoms with Gasteiger partial charge in [-0.1, -0.05) is 271 Å². The standard InChI is InChI=1S/C60H110O8/c1-5-9-13-17-21-25-29-33-37-43-49-63-57(64-50-44-38-34-30-26-22-18-14-10-6-2)53-67-59(61)55-47-41-42-48-56(55)60(62)68-54-58(65-51-45-39-35-31-27-23-19-15-11-7-3)66-52-46-40-36-32-28-24-20-16-12-8-4/h41-42,47-48,57-58H,5-40,43-46,49-54H2,1-4H3. The molecule has 0 heterocycles. The lowest BCUT2D eigenvalue weighted by Gasteiger charge is -2.20. The quantitative estimate of drug-likeness (QED) is 0.0362. The normalized spacial score (nSPS) is 11.6. The highest BCUT2D eigenvalue weighted by molar-refractivity contribution is 6.03. The van der Waals surface area contributed by atoms with Crippen molar-refractivity contribution in [2.75, 3.05) is 39.6 Å². The molecule has 1 aromatic carbocycles. The van der Waals surface area contributed by atoms with Crippen LogP contribution in [0.25, 0.3) is 0 Å². The smallest absolute Gasteiger partial charge is 0.339 e. The molecule has 0 amide bonds. The topological polar surface area (TPSA) is 89.5 Å². The molecule has 0 aliphatic rings. The lowest BCUT2D eigenvalue weighted by atomic mass is 10.1. The summed E-state index contributed by atoms with van der Waals surface area (Å²) in [5.41, 5.74) is 0.324. The molecule has 0 N–H and O–H groups in total. The number of benzene rings is 1. The first kappa shape index (κ1) is 64.0. The molecular weight excluding hydrogens is 849 g/mol. The van der Waals surface area contributed by atoms with Crippen LogP contribution in [0.2, 0.25) is 0 Å². The van der Waals surface area contributed by atoms with Gasteiger partial charge in [-0.05, 0) is 37.8 Å². The number of ether oxygens (including phenoxy) is 6. The van der Waals surface area contributed by atoms with Crippen LogP contribution < -0.4 is 0 Å². The summed E-state index contributed by atoms with van der Waals surface area (Å²) in [5, 5.41) is 0. The Morgan fingerprint density at radius 3 is 0.706 bits per heavy atom. The average Bonchev–Trinajstić information content (AvgIpc) is 3.35. The van der Waals surface area contributed by atoms with Gasteiger partial charge in [-0.2, -0.15) is 0 Å². The fourth-order valence-electron chi connectivity index (χ4n) is 8.79. The molecule has 0 atom stereocenters. The van der Waals surface area contributed by atoms with Gasteiger partial charge in [0.1, 0.15) is 13.2 Å². The van der Waals surface area contributed by atoms with Crippen molar-refractivity contribution in [2.45, 2.75) is 297 Å². The summed E-state index contributed by atoms with van der Waals surface area (Å²) < 4.78 is 36.3. The van der Waals surface area contributed by atoms with Crippen molar-refractivity contribution in [3.63, 3.8) is 0 Å². The van der Waals surface area contributed by atoms with Crippen LogP contribution in [0.15, 0.2) is 24.3 Å². The van der Waals surface area contributed by atoms with Crippen molar-refractivity contribution in [1.82, 2.24) is 0 Å². The Kier molecular flexibility index (Phi) is 48.3. The second-order valence-corrected chi connectivity index (χ2v) is 19.8. The Labute approximate surface area is 420 Å². The van der Waals surface area contributed by atoms with Crippen LogP contribution in [-0.4, -0.2) is 64.2 Å². The first-order valence-corrected chi connectivity index (χ1v) is 29.5. The molecular formula is C60H110O8. The Bertz CT molecular complexity index is 1060. The number of hydrogen-bond donors (Lipinski definition) is 0. The number of rotatable bonds is 54. The maximum atomic E-state index is 13.6. The Morgan fingerprint density at radius 2 is 0.500 bits per heavy atom. The van der Waals surface area contributed by atoms with Gasteiger partial charge in [0.25, 0.3) is 0 Å². The molecule has 8 nitrogen and oxygen atoms in total. The van der Waals surface area contributed by atoms with Gasteiger partial charge >= 0.3 is 11.9 Å². The van der Waals surface area contributed by atoms with E-state index in [1.165, 1.54) is 205 Å². The molecule has 0 spiro atoms. The third-order valence-corrected chi connectivity index (χ3v) is 13.3. The highest BCUT2D eigenvalue weighted by Gasteiger charge is 2.23. The largest absolute Gasteiger partial charge is 0.457 e. The second kappa shape index (κ2) is 51.4. The zero-order valence-corrected chi connectivity index (χ0v) is 45.3. The lowest BCUT2D eigenvalue weighted by molar-refractivity contribution is -0.165. The maximum absolute atomic E-state index is 13.6. The van der Waals surface area contributed by atoms with Gasteiger partial charge in [0.2, 0.25) is 0 Å². The summed E-state index contributed by atoms with van der Waals surface area (Å²) in [6, 6.07) is 6.71. The molecule has 398 valence electrons. The van der Waals surface area contributed by atoms with Crippen molar-refractivity contribution >= 4 is 11.9 Å². The summed E-state index contributed by atoms with van der Waals surface area (Å²) in [4.78, 5) is 27.2. The number of unbranched alkanes of at least 4 members (excludes halogenated alkanes) is 36. The summed E-state index contributed by atoms with van der Waals surface area (Å²) >= 11 is 0. The fourth-order valence-corrected chi connectivity index (χ4v) is 8.79. The maximum Gasteiger partial charge on any atom is 0.339 e. The van der Waals surface area contributed by atoms with Crippen molar-refractivity contribution in [3.8, 4) is 0 Å². The minimum absolute atomic E-state index is 0.0423. The Morgan fingerprint density at radius 1 is 0.309 bits per heavy atom. The van der Waals surface area contributed by atoms with Crippen LogP contribution >= 0.6 is 0 Å². The minimum atomic E-state index is -0.656. The molecule has 68 heavy (non-hydrogen) atoms. The van der Waals surface area contributed by atoms with E-state index < -0.39 is 24.5 Å². The van der Waals surface area contributed by atoms with Crippen LogP contribution in [0.5, 0.6) is 0 Å². The van der Waals surface area contributed by atoms with E-state index in [4.69, 9.17) is 28.4 Å². The Hall–Kier alpha value is -2.00. The van der Waals surface area contributed by atoms with Gasteiger partial charge in [0, 0.05) is 26.4 Å². The van der Waals surface area contributed by atoms with Crippen molar-refractivity contribution in [2.24, 2.45) is 0 Å². The molecule has 0 aliphatic heterocycles. The highest BCUT2D eigenvalue weighted by Crippen LogP contribution is 2.18. The number of carbonyl (C=O) groups is 2. The third-order valence-electron chi connectivity index (χ3n) is 13.3. The van der Waals surface area contributed by atoms with Crippen LogP contribution in [0.1, 0.15) is 305 Å². The van der Waals surface area contributed by atoms with E-state index in [-0.39, 0.29) is 24.3 Å². The van der Waals surface area contributed by atoms with Gasteiger partial charge in [-0.25, -0.2) is 9.59 Å². The zero-order chi connectivity index (χ0) is 49.1. The van der Waals surface area contributed by atoms with Crippen LogP contribution in [0.3, 0.4) is 0 Å². The SMILES string of the molecule is CCCCCCCCCCCCOC(COC(=O)c1ccccc1C(=O)OCC(OCCCCCCCCCCCC)OCCCCCCCCCCCC)OCCCCCCCCCCCC. The number of carbonyl (C=O) groups excluding carboxylic acids is 2. The molecule has 0 saturated carbocycles. The molecule has 0 aliphatic carbocycles. The van der Waals surface area contributed by atoms with Crippen molar-refractivity contribution in [1.29, 1.82) is 0 Å². The van der Waals surface area contributed by atoms with Gasteiger partial charge in [0.05, 0.1) is 11.1 Å². The van der Waals surface area contributed by atoms with E-state index in [9.17, 15) is 9.59 Å². The molecule has 1 rings (SSSR count). The lowest BCUT2D eigenvalue weighted by Crippen LogP contribution is -2.28. The highest BCUT2D eigenvalue weighted by atomic mass is 16.7.